The lowest BCUT2D eigenvalue weighted by Gasteiger charge is -2.36. The molecule has 0 radical (unpaired) electrons. The Kier molecular flexibility index (Phi) is 5.95. The zero-order chi connectivity index (χ0) is 22.3. The molecule has 2 N–H and O–H groups in total. The van der Waals surface area contributed by atoms with Gasteiger partial charge in [0.05, 0.1) is 5.92 Å². The first kappa shape index (κ1) is 22.0. The van der Waals surface area contributed by atoms with E-state index in [2.05, 4.69) is 19.1 Å². The Morgan fingerprint density at radius 1 is 1.32 bits per heavy atom. The van der Waals surface area contributed by atoms with Gasteiger partial charge >= 0.3 is 0 Å². The van der Waals surface area contributed by atoms with Gasteiger partial charge in [-0.05, 0) is 48.2 Å². The fourth-order valence-corrected chi connectivity index (χ4v) is 6.43. The molecule has 0 saturated carbocycles. The molecular formula is C24H23ClN2O2S2. The third kappa shape index (κ3) is 4.41. The number of halogens is 1. The van der Waals surface area contributed by atoms with E-state index in [1.165, 1.54) is 10.4 Å². The van der Waals surface area contributed by atoms with Gasteiger partial charge in [0.15, 0.2) is 5.78 Å². The predicted molar refractivity (Wildman–Crippen MR) is 126 cm³/mol. The van der Waals surface area contributed by atoms with Crippen LogP contribution in [0.3, 0.4) is 0 Å². The molecule has 1 aliphatic carbocycles. The van der Waals surface area contributed by atoms with E-state index < -0.39 is 5.92 Å². The van der Waals surface area contributed by atoms with E-state index in [1.54, 1.807) is 23.1 Å². The lowest BCUT2D eigenvalue weighted by Crippen LogP contribution is -2.33. The number of ketones is 1. The first-order valence-corrected chi connectivity index (χ1v) is 12.2. The van der Waals surface area contributed by atoms with Crippen molar-refractivity contribution in [1.82, 2.24) is 0 Å². The Morgan fingerprint density at radius 2 is 2.03 bits per heavy atom. The second-order valence-electron chi connectivity index (χ2n) is 8.68. The summed E-state index contributed by atoms with van der Waals surface area (Å²) in [5.41, 5.74) is 8.06. The number of allylic oxidation sites excluding steroid dienone is 3. The highest BCUT2D eigenvalue weighted by Crippen LogP contribution is 2.49. The number of nitrogens with two attached hydrogens (primary N) is 1. The number of benzene rings is 1. The van der Waals surface area contributed by atoms with Crippen molar-refractivity contribution < 1.29 is 9.53 Å². The lowest BCUT2D eigenvalue weighted by atomic mass is 9.71. The summed E-state index contributed by atoms with van der Waals surface area (Å²) < 4.78 is 5.79. The number of carbonyl (C=O) groups excluding carboxylic acids is 1. The second kappa shape index (κ2) is 8.38. The summed E-state index contributed by atoms with van der Waals surface area (Å²) in [5, 5.41) is 10.5. The lowest BCUT2D eigenvalue weighted by molar-refractivity contribution is -0.119. The maximum absolute atomic E-state index is 13.1. The van der Waals surface area contributed by atoms with E-state index in [4.69, 9.17) is 22.1 Å². The fraction of sp³-hybridized carbons (Fsp3) is 0.333. The smallest absolute Gasteiger partial charge is 0.205 e. The molecule has 0 amide bonds. The van der Waals surface area contributed by atoms with Crippen molar-refractivity contribution in [2.24, 2.45) is 11.1 Å². The molecule has 0 bridgehead atoms. The van der Waals surface area contributed by atoms with Crippen LogP contribution in [0.1, 0.15) is 47.9 Å². The number of ether oxygens (including phenoxy) is 1. The zero-order valence-electron chi connectivity index (χ0n) is 17.6. The van der Waals surface area contributed by atoms with Gasteiger partial charge in [-0.15, -0.1) is 23.1 Å². The number of nitrogens with zero attached hydrogens (tertiary/aromatic N) is 1. The zero-order valence-corrected chi connectivity index (χ0v) is 20.0. The topological polar surface area (TPSA) is 76.1 Å². The summed E-state index contributed by atoms with van der Waals surface area (Å²) in [7, 11) is 0. The van der Waals surface area contributed by atoms with Gasteiger partial charge in [0, 0.05) is 43.8 Å². The van der Waals surface area contributed by atoms with Crippen LogP contribution in [0, 0.1) is 23.7 Å². The first-order valence-electron chi connectivity index (χ1n) is 10.00. The van der Waals surface area contributed by atoms with Crippen molar-refractivity contribution in [2.45, 2.75) is 50.2 Å². The largest absolute Gasteiger partial charge is 0.444 e. The predicted octanol–water partition coefficient (Wildman–Crippen LogP) is 6.45. The molecule has 1 atom stereocenters. The van der Waals surface area contributed by atoms with E-state index in [1.807, 2.05) is 38.1 Å². The van der Waals surface area contributed by atoms with E-state index in [0.29, 0.717) is 29.7 Å². The van der Waals surface area contributed by atoms with Gasteiger partial charge in [-0.25, -0.2) is 0 Å². The monoisotopic (exact) mass is 470 g/mol. The van der Waals surface area contributed by atoms with Crippen LogP contribution in [0.5, 0.6) is 0 Å². The Bertz CT molecular complexity index is 1150. The number of nitriles is 1. The maximum atomic E-state index is 13.1. The highest BCUT2D eigenvalue weighted by Gasteiger charge is 2.43. The minimum Gasteiger partial charge on any atom is -0.444 e. The Balaban J connectivity index is 1.68. The van der Waals surface area contributed by atoms with Crippen LogP contribution < -0.4 is 5.73 Å². The molecule has 1 aromatic heterocycles. The quantitative estimate of drug-likeness (QED) is 0.519. The van der Waals surface area contributed by atoms with E-state index in [0.717, 1.165) is 20.5 Å². The molecule has 160 valence electrons. The molecule has 31 heavy (non-hydrogen) atoms. The molecule has 0 fully saturated rings. The third-order valence-corrected chi connectivity index (χ3v) is 8.08. The van der Waals surface area contributed by atoms with Crippen LogP contribution in [0.15, 0.2) is 58.0 Å². The maximum Gasteiger partial charge on any atom is 0.205 e. The summed E-state index contributed by atoms with van der Waals surface area (Å²) in [6.07, 6.45) is 1.07. The van der Waals surface area contributed by atoms with Crippen molar-refractivity contribution in [2.75, 3.05) is 0 Å². The van der Waals surface area contributed by atoms with Gasteiger partial charge in [0.25, 0.3) is 0 Å². The molecular weight excluding hydrogens is 448 g/mol. The van der Waals surface area contributed by atoms with Crippen LogP contribution in [-0.2, 0) is 15.3 Å². The van der Waals surface area contributed by atoms with Gasteiger partial charge < -0.3 is 10.5 Å². The Morgan fingerprint density at radius 3 is 2.71 bits per heavy atom. The minimum atomic E-state index is -0.449. The van der Waals surface area contributed by atoms with Crippen LogP contribution in [0.2, 0.25) is 5.02 Å². The molecule has 2 aromatic rings. The van der Waals surface area contributed by atoms with E-state index in [9.17, 15) is 10.1 Å². The summed E-state index contributed by atoms with van der Waals surface area (Å²) in [5.74, 6) is 1.11. The van der Waals surface area contributed by atoms with Gasteiger partial charge in [-0.1, -0.05) is 25.4 Å². The normalized spacial score (nSPS) is 20.4. The first-order chi connectivity index (χ1) is 14.7. The van der Waals surface area contributed by atoms with Crippen molar-refractivity contribution in [1.29, 1.82) is 5.26 Å². The molecule has 1 aromatic carbocycles. The van der Waals surface area contributed by atoms with Crippen LogP contribution in [-0.4, -0.2) is 5.78 Å². The highest BCUT2D eigenvalue weighted by molar-refractivity contribution is 7.98. The van der Waals surface area contributed by atoms with Crippen molar-refractivity contribution in [3.05, 3.63) is 73.5 Å². The molecule has 0 saturated heterocycles. The summed E-state index contributed by atoms with van der Waals surface area (Å²) in [4.78, 5) is 16.4. The van der Waals surface area contributed by atoms with Crippen LogP contribution in [0.4, 0.5) is 0 Å². The number of carbonyl (C=O) groups is 1. The minimum absolute atomic E-state index is 0.0413. The molecule has 2 heterocycles. The summed E-state index contributed by atoms with van der Waals surface area (Å²) in [6, 6.07) is 12.1. The van der Waals surface area contributed by atoms with E-state index >= 15 is 0 Å². The van der Waals surface area contributed by atoms with Gasteiger partial charge in [-0.2, -0.15) is 5.26 Å². The fourth-order valence-electron chi connectivity index (χ4n) is 4.09. The SMILES string of the molecule is Cc1sc([C@@H]2C(C#N)=C(N)OC3=C2C(=O)CC(C)(C)C3)cc1CSc1ccc(Cl)cc1. The van der Waals surface area contributed by atoms with Gasteiger partial charge in [0.2, 0.25) is 5.88 Å². The number of Topliss-reactive ketones (excluding diaryl/α,β-unsaturated/α-hetero) is 1. The number of hydrogen-bond donors (Lipinski definition) is 1. The number of aryl methyl sites for hydroxylation is 1. The number of rotatable bonds is 4. The Labute approximate surface area is 195 Å². The van der Waals surface area contributed by atoms with Crippen molar-refractivity contribution >= 4 is 40.5 Å². The number of hydrogen-bond acceptors (Lipinski definition) is 6. The molecule has 4 nitrogen and oxygen atoms in total. The van der Waals surface area contributed by atoms with Crippen LogP contribution >= 0.6 is 34.7 Å². The standard InChI is InChI=1S/C24H23ClN2O2S2/c1-13-14(12-30-16-6-4-15(25)5-7-16)8-20(31-13)21-17(11-26)23(27)29-19-10-24(2,3)9-18(28)22(19)21/h4-8,21H,9-10,12,27H2,1-3H3/t21-/m0/s1. The molecule has 7 heteroatoms. The average Bonchev–Trinajstić information content (AvgIpc) is 3.06. The third-order valence-electron chi connectivity index (χ3n) is 5.61. The summed E-state index contributed by atoms with van der Waals surface area (Å²) >= 11 is 9.33. The van der Waals surface area contributed by atoms with E-state index in [-0.39, 0.29) is 17.1 Å². The van der Waals surface area contributed by atoms with Gasteiger partial charge in [0.1, 0.15) is 17.4 Å². The number of thioether (sulfide) groups is 1. The average molecular weight is 471 g/mol. The second-order valence-corrected chi connectivity index (χ2v) is 11.4. The van der Waals surface area contributed by atoms with Crippen LogP contribution in [0.25, 0.3) is 0 Å². The van der Waals surface area contributed by atoms with Crippen molar-refractivity contribution in [3.8, 4) is 6.07 Å². The molecule has 1 aliphatic heterocycles. The molecule has 4 rings (SSSR count). The molecule has 0 spiro atoms. The van der Waals surface area contributed by atoms with Crippen molar-refractivity contribution in [3.63, 3.8) is 0 Å². The highest BCUT2D eigenvalue weighted by atomic mass is 35.5. The van der Waals surface area contributed by atoms with Gasteiger partial charge in [-0.3, -0.25) is 4.79 Å². The summed E-state index contributed by atoms with van der Waals surface area (Å²) in [6.45, 7) is 6.17. The molecule has 0 unspecified atom stereocenters. The molecule has 2 aliphatic rings. The number of thiophene rings is 1. The Hall–Kier alpha value is -2.20.